The van der Waals surface area contributed by atoms with Crippen molar-refractivity contribution in [2.45, 2.75) is 6.92 Å². The number of hydrogen-bond acceptors (Lipinski definition) is 9. The number of carbonyl (C=O) groups is 1. The number of fused-ring (bicyclic) bond motifs is 1. The van der Waals surface area contributed by atoms with Crippen molar-refractivity contribution in [3.05, 3.63) is 59.7 Å². The summed E-state index contributed by atoms with van der Waals surface area (Å²) in [4.78, 5) is 29.2. The molecule has 4 aromatic rings. The van der Waals surface area contributed by atoms with Gasteiger partial charge in [-0.1, -0.05) is 6.07 Å². The predicted octanol–water partition coefficient (Wildman–Crippen LogP) is 2.69. The maximum Gasteiger partial charge on any atom is 0.323 e. The Morgan fingerprint density at radius 2 is 2.00 bits per heavy atom. The number of nitrogens with two attached hydrogens (primary N) is 1. The van der Waals surface area contributed by atoms with Crippen LogP contribution >= 0.6 is 0 Å². The van der Waals surface area contributed by atoms with Gasteiger partial charge in [-0.2, -0.15) is 0 Å². The smallest absolute Gasteiger partial charge is 0.323 e. The number of halogens is 3. The molecular formula is C22H20F3N11O. The second-order valence-electron chi connectivity index (χ2n) is 7.94. The van der Waals surface area contributed by atoms with E-state index in [1.807, 2.05) is 6.92 Å². The molecule has 0 bridgehead atoms. The number of nitrogens with zero attached hydrogens (tertiary/aromatic N) is 6. The molecule has 0 aliphatic carbocycles. The molecule has 2 amide bonds. The third-order valence-corrected chi connectivity index (χ3v) is 5.61. The van der Waals surface area contributed by atoms with Crippen molar-refractivity contribution in [3.63, 3.8) is 0 Å². The molecule has 15 heteroatoms. The van der Waals surface area contributed by atoms with Crippen LogP contribution in [0.1, 0.15) is 12.6 Å². The molecule has 0 atom stereocenters. The number of carbonyl (C=O) groups excluding carboxylic acids is 1. The molecule has 0 radical (unpaired) electrons. The van der Waals surface area contributed by atoms with Gasteiger partial charge in [-0.05, 0) is 25.1 Å². The molecule has 37 heavy (non-hydrogen) atoms. The second kappa shape index (κ2) is 9.27. The first-order chi connectivity index (χ1) is 17.8. The number of aromatic amines is 1. The number of hydrazine groups is 2. The number of hydrazone groups is 1. The van der Waals surface area contributed by atoms with Crippen LogP contribution in [0.2, 0.25) is 0 Å². The molecule has 0 spiro atoms. The number of H-pyrrole nitrogens is 1. The van der Waals surface area contributed by atoms with Crippen LogP contribution in [0.15, 0.2) is 41.6 Å². The van der Waals surface area contributed by atoms with Gasteiger partial charge in [0.1, 0.15) is 11.5 Å². The van der Waals surface area contributed by atoms with Crippen molar-refractivity contribution < 1.29 is 18.0 Å². The van der Waals surface area contributed by atoms with Crippen LogP contribution in [0, 0.1) is 17.5 Å². The Labute approximate surface area is 207 Å². The van der Waals surface area contributed by atoms with Gasteiger partial charge in [0.05, 0.1) is 22.9 Å². The number of amidine groups is 1. The standard InChI is InChI=1S/C22H20F3N11O/c1-3-35(2)22(37)31-21-29-13-7-10(12(24)8-14(13)30-21)15-9-27-19(26)18(28-15)20-32-33-34-36(20)16-6-4-5-11(23)17(16)25/h4-9,33-34H,3H2,1-2H3,(H2,26,27)(H2,29,30,31,37). The molecule has 190 valence electrons. The number of aromatic nitrogens is 4. The maximum atomic E-state index is 15.1. The van der Waals surface area contributed by atoms with E-state index in [0.29, 0.717) is 12.1 Å². The van der Waals surface area contributed by atoms with Crippen molar-refractivity contribution in [2.24, 2.45) is 5.10 Å². The molecule has 0 fully saturated rings. The lowest BCUT2D eigenvalue weighted by Gasteiger charge is -2.20. The maximum absolute atomic E-state index is 15.1. The Morgan fingerprint density at radius 3 is 2.78 bits per heavy atom. The number of urea groups is 1. The number of benzene rings is 2. The summed E-state index contributed by atoms with van der Waals surface area (Å²) in [6.45, 7) is 2.31. The molecule has 1 aliphatic rings. The summed E-state index contributed by atoms with van der Waals surface area (Å²) in [5.74, 6) is -2.81. The molecular weight excluding hydrogens is 491 g/mol. The van der Waals surface area contributed by atoms with E-state index >= 15 is 4.39 Å². The zero-order valence-corrected chi connectivity index (χ0v) is 19.5. The Bertz CT molecular complexity index is 1550. The lowest BCUT2D eigenvalue weighted by molar-refractivity contribution is 0.224. The van der Waals surface area contributed by atoms with E-state index in [2.05, 4.69) is 41.4 Å². The molecule has 0 saturated heterocycles. The van der Waals surface area contributed by atoms with Crippen LogP contribution < -0.4 is 27.1 Å². The fourth-order valence-electron chi connectivity index (χ4n) is 3.55. The summed E-state index contributed by atoms with van der Waals surface area (Å²) >= 11 is 0. The number of nitrogens with one attached hydrogen (secondary N) is 4. The van der Waals surface area contributed by atoms with Gasteiger partial charge < -0.3 is 15.6 Å². The van der Waals surface area contributed by atoms with Crippen LogP contribution in [-0.2, 0) is 0 Å². The zero-order chi connectivity index (χ0) is 26.3. The molecule has 5 rings (SSSR count). The van der Waals surface area contributed by atoms with Gasteiger partial charge in [-0.15, -0.1) is 10.6 Å². The zero-order valence-electron chi connectivity index (χ0n) is 19.5. The van der Waals surface area contributed by atoms with Gasteiger partial charge in [0.15, 0.2) is 29.0 Å². The molecule has 0 saturated carbocycles. The third kappa shape index (κ3) is 4.31. The first-order valence-corrected chi connectivity index (χ1v) is 10.9. The largest absolute Gasteiger partial charge is 0.382 e. The lowest BCUT2D eigenvalue weighted by atomic mass is 10.1. The molecule has 3 heterocycles. The van der Waals surface area contributed by atoms with Gasteiger partial charge in [-0.3, -0.25) is 5.32 Å². The van der Waals surface area contributed by atoms with E-state index in [1.54, 1.807) is 7.05 Å². The third-order valence-electron chi connectivity index (χ3n) is 5.61. The van der Waals surface area contributed by atoms with Gasteiger partial charge in [0.2, 0.25) is 5.95 Å². The first kappa shape index (κ1) is 23.8. The summed E-state index contributed by atoms with van der Waals surface area (Å²) in [5, 5.41) is 7.71. The van der Waals surface area contributed by atoms with Crippen molar-refractivity contribution in [2.75, 3.05) is 29.7 Å². The van der Waals surface area contributed by atoms with Gasteiger partial charge in [0.25, 0.3) is 0 Å². The average molecular weight is 511 g/mol. The monoisotopic (exact) mass is 511 g/mol. The quantitative estimate of drug-likeness (QED) is 0.274. The van der Waals surface area contributed by atoms with Gasteiger partial charge in [-0.25, -0.2) is 43.5 Å². The summed E-state index contributed by atoms with van der Waals surface area (Å²) in [7, 11) is 1.62. The number of rotatable bonds is 5. The van der Waals surface area contributed by atoms with Gasteiger partial charge in [0, 0.05) is 25.2 Å². The van der Waals surface area contributed by atoms with E-state index in [-0.39, 0.29) is 51.8 Å². The highest BCUT2D eigenvalue weighted by molar-refractivity contribution is 6.11. The minimum absolute atomic E-state index is 0.0154. The van der Waals surface area contributed by atoms with Crippen LogP contribution in [0.5, 0.6) is 0 Å². The molecule has 2 aromatic carbocycles. The number of hydrogen-bond donors (Lipinski definition) is 5. The summed E-state index contributed by atoms with van der Waals surface area (Å²) in [6, 6.07) is 5.88. The van der Waals surface area contributed by atoms with Gasteiger partial charge >= 0.3 is 6.03 Å². The molecule has 6 N–H and O–H groups in total. The predicted molar refractivity (Wildman–Crippen MR) is 130 cm³/mol. The number of imidazole rings is 1. The van der Waals surface area contributed by atoms with E-state index in [0.717, 1.165) is 11.1 Å². The second-order valence-corrected chi connectivity index (χ2v) is 7.94. The van der Waals surface area contributed by atoms with E-state index in [9.17, 15) is 13.6 Å². The topological polar surface area (TPSA) is 152 Å². The number of anilines is 3. The Balaban J connectivity index is 1.51. The van der Waals surface area contributed by atoms with Crippen molar-refractivity contribution in [1.82, 2.24) is 35.9 Å². The van der Waals surface area contributed by atoms with Crippen molar-refractivity contribution >= 4 is 40.4 Å². The van der Waals surface area contributed by atoms with Crippen LogP contribution in [0.3, 0.4) is 0 Å². The van der Waals surface area contributed by atoms with E-state index < -0.39 is 17.5 Å². The van der Waals surface area contributed by atoms with E-state index in [1.165, 1.54) is 35.4 Å². The highest BCUT2D eigenvalue weighted by atomic mass is 19.2. The Morgan fingerprint density at radius 1 is 1.19 bits per heavy atom. The highest BCUT2D eigenvalue weighted by Crippen LogP contribution is 2.29. The number of nitrogen functional groups attached to an aromatic ring is 1. The SMILES string of the molecule is CCN(C)C(=O)Nc1nc2cc(F)c(-c3cnc(N)c(C4=NNNN4c4cccc(F)c4F)n3)cc2[nH]1. The fourth-order valence-corrected chi connectivity index (χ4v) is 3.55. The molecule has 12 nitrogen and oxygen atoms in total. The van der Waals surface area contributed by atoms with Crippen LogP contribution in [0.25, 0.3) is 22.3 Å². The molecule has 2 aromatic heterocycles. The van der Waals surface area contributed by atoms with E-state index in [4.69, 9.17) is 5.73 Å². The normalized spacial score (nSPS) is 13.0. The minimum Gasteiger partial charge on any atom is -0.382 e. The van der Waals surface area contributed by atoms with Crippen LogP contribution in [-0.4, -0.2) is 50.3 Å². The molecule has 0 unspecified atom stereocenters. The summed E-state index contributed by atoms with van der Waals surface area (Å²) in [6.07, 6.45) is 1.27. The fraction of sp³-hybridized carbons (Fsp3) is 0.136. The first-order valence-electron chi connectivity index (χ1n) is 10.9. The Kier molecular flexibility index (Phi) is 5.96. The number of amides is 2. The highest BCUT2D eigenvalue weighted by Gasteiger charge is 2.28. The van der Waals surface area contributed by atoms with Crippen molar-refractivity contribution in [3.8, 4) is 11.3 Å². The van der Waals surface area contributed by atoms with Crippen molar-refractivity contribution in [1.29, 1.82) is 0 Å². The average Bonchev–Trinajstić information content (AvgIpc) is 3.51. The Hall–Kier alpha value is -4.92. The molecule has 1 aliphatic heterocycles. The summed E-state index contributed by atoms with van der Waals surface area (Å²) in [5.41, 5.74) is 11.7. The lowest BCUT2D eigenvalue weighted by Crippen LogP contribution is -2.42. The minimum atomic E-state index is -1.13. The van der Waals surface area contributed by atoms with Crippen LogP contribution in [0.4, 0.5) is 35.4 Å². The summed E-state index contributed by atoms with van der Waals surface area (Å²) < 4.78 is 43.4.